The Bertz CT molecular complexity index is 357. The van der Waals surface area contributed by atoms with E-state index in [4.69, 9.17) is 4.74 Å². The molecular weight excluding hydrogens is 202 g/mol. The average Bonchev–Trinajstić information content (AvgIpc) is 2.25. The van der Waals surface area contributed by atoms with Gasteiger partial charge in [0.1, 0.15) is 0 Å². The molecule has 1 aliphatic carbocycles. The van der Waals surface area contributed by atoms with Crippen LogP contribution in [-0.2, 0) is 14.9 Å². The van der Waals surface area contributed by atoms with Gasteiger partial charge in [-0.25, -0.2) is 0 Å². The van der Waals surface area contributed by atoms with Crippen LogP contribution in [0.4, 0.5) is 0 Å². The lowest BCUT2D eigenvalue weighted by Crippen LogP contribution is -2.37. The molecule has 0 atom stereocenters. The van der Waals surface area contributed by atoms with Gasteiger partial charge < -0.3 is 4.74 Å². The molecule has 3 heteroatoms. The first-order valence-corrected chi connectivity index (χ1v) is 5.84. The number of esters is 1. The topological polar surface area (TPSA) is 39.2 Å². The van der Waals surface area contributed by atoms with Crippen molar-refractivity contribution in [3.8, 4) is 0 Å². The van der Waals surface area contributed by atoms with Gasteiger partial charge in [0.15, 0.2) is 0 Å². The van der Waals surface area contributed by atoms with Gasteiger partial charge in [-0.2, -0.15) is 0 Å². The smallest absolute Gasteiger partial charge is 0.306 e. The predicted molar refractivity (Wildman–Crippen MR) is 61.0 cm³/mol. The van der Waals surface area contributed by atoms with Crippen LogP contribution >= 0.6 is 0 Å². The van der Waals surface area contributed by atoms with Gasteiger partial charge in [0.05, 0.1) is 13.0 Å². The van der Waals surface area contributed by atoms with E-state index in [1.54, 1.807) is 6.20 Å². The zero-order chi connectivity index (χ0) is 11.4. The number of hydrogen-bond acceptors (Lipinski definition) is 3. The third kappa shape index (κ3) is 2.08. The summed E-state index contributed by atoms with van der Waals surface area (Å²) in [6.45, 7) is 2.29. The van der Waals surface area contributed by atoms with Crippen LogP contribution in [0.2, 0.25) is 0 Å². The van der Waals surface area contributed by atoms with Crippen molar-refractivity contribution in [2.45, 2.75) is 38.0 Å². The van der Waals surface area contributed by atoms with Crippen LogP contribution in [-0.4, -0.2) is 17.6 Å². The number of carbonyl (C=O) groups is 1. The zero-order valence-electron chi connectivity index (χ0n) is 9.61. The number of nitrogens with zero attached hydrogens (tertiary/aromatic N) is 1. The van der Waals surface area contributed by atoms with Crippen LogP contribution in [0.1, 0.15) is 38.3 Å². The third-order valence-electron chi connectivity index (χ3n) is 3.31. The summed E-state index contributed by atoms with van der Waals surface area (Å²) in [4.78, 5) is 16.0. The number of rotatable bonds is 4. The van der Waals surface area contributed by atoms with Crippen molar-refractivity contribution in [3.05, 3.63) is 30.1 Å². The lowest BCUT2D eigenvalue weighted by Gasteiger charge is -2.40. The van der Waals surface area contributed by atoms with Crippen molar-refractivity contribution in [2.75, 3.05) is 6.61 Å². The molecule has 86 valence electrons. The molecule has 0 saturated heterocycles. The number of aromatic nitrogens is 1. The van der Waals surface area contributed by atoms with E-state index >= 15 is 0 Å². The van der Waals surface area contributed by atoms with Crippen molar-refractivity contribution in [2.24, 2.45) is 0 Å². The summed E-state index contributed by atoms with van der Waals surface area (Å²) in [5, 5.41) is 0. The quantitative estimate of drug-likeness (QED) is 0.730. The van der Waals surface area contributed by atoms with Gasteiger partial charge >= 0.3 is 5.97 Å². The van der Waals surface area contributed by atoms with Crippen LogP contribution in [0, 0.1) is 0 Å². The van der Waals surface area contributed by atoms with Gasteiger partial charge in [-0.05, 0) is 31.9 Å². The molecular formula is C13H17NO2. The normalized spacial score (nSPS) is 17.6. The Morgan fingerprint density at radius 2 is 2.31 bits per heavy atom. The van der Waals surface area contributed by atoms with Crippen LogP contribution < -0.4 is 0 Å². The number of carbonyl (C=O) groups excluding carboxylic acids is 1. The van der Waals surface area contributed by atoms with Crippen molar-refractivity contribution in [1.82, 2.24) is 4.98 Å². The fourth-order valence-electron chi connectivity index (χ4n) is 2.29. The van der Waals surface area contributed by atoms with Crippen molar-refractivity contribution in [1.29, 1.82) is 0 Å². The van der Waals surface area contributed by atoms with Gasteiger partial charge in [0, 0.05) is 17.3 Å². The molecule has 16 heavy (non-hydrogen) atoms. The lowest BCUT2D eigenvalue weighted by molar-refractivity contribution is -0.145. The molecule has 1 aromatic heterocycles. The van der Waals surface area contributed by atoms with Crippen LogP contribution in [0.5, 0.6) is 0 Å². The van der Waals surface area contributed by atoms with E-state index in [0.29, 0.717) is 13.0 Å². The molecule has 0 spiro atoms. The monoisotopic (exact) mass is 219 g/mol. The van der Waals surface area contributed by atoms with E-state index in [9.17, 15) is 4.79 Å². The molecule has 0 amide bonds. The van der Waals surface area contributed by atoms with E-state index in [0.717, 1.165) is 18.5 Å². The maximum Gasteiger partial charge on any atom is 0.306 e. The predicted octanol–water partition coefficient (Wildman–Crippen LogP) is 2.46. The Morgan fingerprint density at radius 3 is 2.81 bits per heavy atom. The summed E-state index contributed by atoms with van der Waals surface area (Å²) in [6, 6.07) is 5.90. The molecule has 1 heterocycles. The average molecular weight is 219 g/mol. The van der Waals surface area contributed by atoms with Crippen LogP contribution in [0.25, 0.3) is 0 Å². The van der Waals surface area contributed by atoms with Crippen LogP contribution in [0.3, 0.4) is 0 Å². The molecule has 1 aromatic rings. The zero-order valence-corrected chi connectivity index (χ0v) is 9.61. The largest absolute Gasteiger partial charge is 0.466 e. The van der Waals surface area contributed by atoms with Gasteiger partial charge in [-0.3, -0.25) is 9.78 Å². The van der Waals surface area contributed by atoms with Crippen molar-refractivity contribution >= 4 is 5.97 Å². The molecule has 0 aliphatic heterocycles. The highest BCUT2D eigenvalue weighted by atomic mass is 16.5. The van der Waals surface area contributed by atoms with E-state index < -0.39 is 0 Å². The molecule has 0 radical (unpaired) electrons. The highest BCUT2D eigenvalue weighted by Crippen LogP contribution is 2.45. The Balaban J connectivity index is 2.11. The molecule has 1 aliphatic rings. The Hall–Kier alpha value is -1.38. The highest BCUT2D eigenvalue weighted by Gasteiger charge is 2.42. The van der Waals surface area contributed by atoms with E-state index in [1.165, 1.54) is 6.42 Å². The van der Waals surface area contributed by atoms with E-state index in [-0.39, 0.29) is 11.4 Å². The van der Waals surface area contributed by atoms with E-state index in [1.807, 2.05) is 25.1 Å². The number of pyridine rings is 1. The molecule has 0 N–H and O–H groups in total. The maximum absolute atomic E-state index is 11.6. The SMILES string of the molecule is CCOC(=O)CC1(c2ccccn2)CCC1. The summed E-state index contributed by atoms with van der Waals surface area (Å²) in [5.74, 6) is -0.104. The first-order chi connectivity index (χ1) is 7.77. The first-order valence-electron chi connectivity index (χ1n) is 5.84. The first kappa shape index (κ1) is 11.1. The maximum atomic E-state index is 11.6. The Morgan fingerprint density at radius 1 is 1.50 bits per heavy atom. The van der Waals surface area contributed by atoms with Gasteiger partial charge in [0.2, 0.25) is 0 Å². The molecule has 1 fully saturated rings. The Kier molecular flexibility index (Phi) is 3.22. The van der Waals surface area contributed by atoms with Crippen molar-refractivity contribution < 1.29 is 9.53 Å². The highest BCUT2D eigenvalue weighted by molar-refractivity contribution is 5.71. The Labute approximate surface area is 95.8 Å². The summed E-state index contributed by atoms with van der Waals surface area (Å²) in [7, 11) is 0. The minimum absolute atomic E-state index is 0.0481. The fraction of sp³-hybridized carbons (Fsp3) is 0.538. The molecule has 0 bridgehead atoms. The van der Waals surface area contributed by atoms with Crippen molar-refractivity contribution in [3.63, 3.8) is 0 Å². The second-order valence-corrected chi connectivity index (χ2v) is 4.33. The summed E-state index contributed by atoms with van der Waals surface area (Å²) in [5.41, 5.74) is 0.988. The lowest BCUT2D eigenvalue weighted by atomic mass is 9.64. The summed E-state index contributed by atoms with van der Waals surface area (Å²) >= 11 is 0. The van der Waals surface area contributed by atoms with Gasteiger partial charge in [-0.15, -0.1) is 0 Å². The minimum Gasteiger partial charge on any atom is -0.466 e. The summed E-state index contributed by atoms with van der Waals surface area (Å²) < 4.78 is 5.03. The fourth-order valence-corrected chi connectivity index (χ4v) is 2.29. The van der Waals surface area contributed by atoms with Crippen LogP contribution in [0.15, 0.2) is 24.4 Å². The summed E-state index contributed by atoms with van der Waals surface area (Å²) in [6.07, 6.45) is 5.53. The second-order valence-electron chi connectivity index (χ2n) is 4.33. The molecule has 0 unspecified atom stereocenters. The molecule has 3 nitrogen and oxygen atoms in total. The molecule has 2 rings (SSSR count). The third-order valence-corrected chi connectivity index (χ3v) is 3.31. The number of hydrogen-bond donors (Lipinski definition) is 0. The second kappa shape index (κ2) is 4.64. The van der Waals surface area contributed by atoms with Gasteiger partial charge in [0.25, 0.3) is 0 Å². The molecule has 0 aromatic carbocycles. The number of ether oxygens (including phenoxy) is 1. The van der Waals surface area contributed by atoms with Gasteiger partial charge in [-0.1, -0.05) is 12.5 Å². The standard InChI is InChI=1S/C13H17NO2/c1-2-16-12(15)10-13(7-5-8-13)11-6-3-4-9-14-11/h3-4,6,9H,2,5,7-8,10H2,1H3. The molecule has 1 saturated carbocycles. The minimum atomic E-state index is -0.104. The van der Waals surface area contributed by atoms with E-state index in [2.05, 4.69) is 4.98 Å².